The number of benzene rings is 1. The van der Waals surface area contributed by atoms with Crippen molar-refractivity contribution in [3.8, 4) is 5.75 Å². The molecule has 4 nitrogen and oxygen atoms in total. The largest absolute Gasteiger partial charge is 0.490 e. The predicted molar refractivity (Wildman–Crippen MR) is 66.4 cm³/mol. The van der Waals surface area contributed by atoms with Crippen molar-refractivity contribution < 1.29 is 18.7 Å². The summed E-state index contributed by atoms with van der Waals surface area (Å²) in [6.07, 6.45) is 2.30. The summed E-state index contributed by atoms with van der Waals surface area (Å²) in [6.45, 7) is 0.262. The Bertz CT molecular complexity index is 545. The lowest BCUT2D eigenvalue weighted by Gasteiger charge is -2.07. The molecule has 1 aromatic carbocycles. The van der Waals surface area contributed by atoms with E-state index in [0.29, 0.717) is 5.75 Å². The summed E-state index contributed by atoms with van der Waals surface area (Å²) in [6, 6.07) is 10.4. The standard InChI is InChI=1S/C14H12FNO3/c15-13-10-16-7-6-12(13)14(17)19-9-8-18-11-4-2-1-3-5-11/h1-7,10H,8-9H2. The van der Waals surface area contributed by atoms with Crippen LogP contribution in [0.15, 0.2) is 48.8 Å². The Balaban J connectivity index is 1.77. The second-order valence-electron chi connectivity index (χ2n) is 3.65. The van der Waals surface area contributed by atoms with Crippen molar-refractivity contribution in [2.45, 2.75) is 0 Å². The van der Waals surface area contributed by atoms with Crippen LogP contribution in [-0.2, 0) is 4.74 Å². The maximum atomic E-state index is 13.2. The molecule has 0 fully saturated rings. The number of para-hydroxylation sites is 1. The van der Waals surface area contributed by atoms with Gasteiger partial charge in [-0.1, -0.05) is 18.2 Å². The number of esters is 1. The van der Waals surface area contributed by atoms with Crippen molar-refractivity contribution in [3.63, 3.8) is 0 Å². The topological polar surface area (TPSA) is 48.4 Å². The van der Waals surface area contributed by atoms with Crippen LogP contribution in [0, 0.1) is 5.82 Å². The summed E-state index contributed by atoms with van der Waals surface area (Å²) in [4.78, 5) is 15.1. The summed E-state index contributed by atoms with van der Waals surface area (Å²) in [5.74, 6) is -0.735. The SMILES string of the molecule is O=C(OCCOc1ccccc1)c1ccncc1F. The molecule has 5 heteroatoms. The van der Waals surface area contributed by atoms with Crippen LogP contribution in [0.5, 0.6) is 5.75 Å². The monoisotopic (exact) mass is 261 g/mol. The quantitative estimate of drug-likeness (QED) is 0.612. The molecule has 0 aliphatic rings. The molecule has 0 unspecified atom stereocenters. The van der Waals surface area contributed by atoms with Gasteiger partial charge < -0.3 is 9.47 Å². The molecule has 2 aromatic rings. The highest BCUT2D eigenvalue weighted by atomic mass is 19.1. The number of ether oxygens (including phenoxy) is 2. The number of pyridine rings is 1. The molecule has 0 bridgehead atoms. The molecule has 0 atom stereocenters. The lowest BCUT2D eigenvalue weighted by Crippen LogP contribution is -2.13. The van der Waals surface area contributed by atoms with Crippen LogP contribution in [0.2, 0.25) is 0 Å². The Morgan fingerprint density at radius 3 is 2.68 bits per heavy atom. The van der Waals surface area contributed by atoms with Gasteiger partial charge in [0.05, 0.1) is 11.8 Å². The van der Waals surface area contributed by atoms with Crippen LogP contribution in [0.3, 0.4) is 0 Å². The Kier molecular flexibility index (Phi) is 4.44. The molecule has 2 rings (SSSR count). The van der Waals surface area contributed by atoms with E-state index in [1.807, 2.05) is 18.2 Å². The molecular formula is C14H12FNO3. The van der Waals surface area contributed by atoms with Crippen LogP contribution >= 0.6 is 0 Å². The van der Waals surface area contributed by atoms with E-state index >= 15 is 0 Å². The van der Waals surface area contributed by atoms with Gasteiger partial charge in [-0.05, 0) is 18.2 Å². The van der Waals surface area contributed by atoms with Crippen molar-refractivity contribution in [3.05, 3.63) is 60.2 Å². The molecular weight excluding hydrogens is 249 g/mol. The van der Waals surface area contributed by atoms with E-state index in [1.165, 1.54) is 12.3 Å². The van der Waals surface area contributed by atoms with Crippen LogP contribution in [-0.4, -0.2) is 24.2 Å². The number of carbonyl (C=O) groups is 1. The third kappa shape index (κ3) is 3.77. The lowest BCUT2D eigenvalue weighted by molar-refractivity contribution is 0.0445. The number of rotatable bonds is 5. The van der Waals surface area contributed by atoms with E-state index in [1.54, 1.807) is 12.1 Å². The number of hydrogen-bond acceptors (Lipinski definition) is 4. The lowest BCUT2D eigenvalue weighted by atomic mass is 10.2. The van der Waals surface area contributed by atoms with Gasteiger partial charge in [-0.25, -0.2) is 9.18 Å². The van der Waals surface area contributed by atoms with Crippen molar-refractivity contribution in [1.29, 1.82) is 0 Å². The second kappa shape index (κ2) is 6.49. The summed E-state index contributed by atoms with van der Waals surface area (Å²) in [5.41, 5.74) is -0.130. The first-order valence-corrected chi connectivity index (χ1v) is 5.72. The molecule has 0 radical (unpaired) electrons. The van der Waals surface area contributed by atoms with E-state index in [9.17, 15) is 9.18 Å². The molecule has 19 heavy (non-hydrogen) atoms. The zero-order valence-electron chi connectivity index (χ0n) is 10.1. The highest BCUT2D eigenvalue weighted by molar-refractivity contribution is 5.89. The molecule has 98 valence electrons. The van der Waals surface area contributed by atoms with Crippen molar-refractivity contribution in [1.82, 2.24) is 4.98 Å². The normalized spacial score (nSPS) is 9.95. The first kappa shape index (κ1) is 13.0. The fraction of sp³-hybridized carbons (Fsp3) is 0.143. The first-order valence-electron chi connectivity index (χ1n) is 5.72. The Morgan fingerprint density at radius 2 is 1.95 bits per heavy atom. The van der Waals surface area contributed by atoms with Gasteiger partial charge in [-0.2, -0.15) is 0 Å². The zero-order chi connectivity index (χ0) is 13.5. The average molecular weight is 261 g/mol. The Labute approximate surface area is 109 Å². The van der Waals surface area contributed by atoms with E-state index in [2.05, 4.69) is 4.98 Å². The highest BCUT2D eigenvalue weighted by Crippen LogP contribution is 2.09. The summed E-state index contributed by atoms with van der Waals surface area (Å²) < 4.78 is 23.5. The van der Waals surface area contributed by atoms with Gasteiger partial charge in [-0.15, -0.1) is 0 Å². The van der Waals surface area contributed by atoms with Crippen molar-refractivity contribution in [2.24, 2.45) is 0 Å². The van der Waals surface area contributed by atoms with Gasteiger partial charge in [0.1, 0.15) is 19.0 Å². The minimum atomic E-state index is -0.725. The number of nitrogens with zero attached hydrogens (tertiary/aromatic N) is 1. The van der Waals surface area contributed by atoms with Crippen LogP contribution in [0.4, 0.5) is 4.39 Å². The summed E-state index contributed by atoms with van der Waals surface area (Å²) in [5, 5.41) is 0. The van der Waals surface area contributed by atoms with E-state index < -0.39 is 11.8 Å². The molecule has 1 heterocycles. The molecule has 0 spiro atoms. The van der Waals surface area contributed by atoms with Gasteiger partial charge in [-0.3, -0.25) is 4.98 Å². The smallest absolute Gasteiger partial charge is 0.341 e. The molecule has 0 saturated carbocycles. The van der Waals surface area contributed by atoms with E-state index in [-0.39, 0.29) is 18.8 Å². The van der Waals surface area contributed by atoms with Crippen LogP contribution < -0.4 is 4.74 Å². The van der Waals surface area contributed by atoms with Gasteiger partial charge >= 0.3 is 5.97 Å². The molecule has 0 amide bonds. The second-order valence-corrected chi connectivity index (χ2v) is 3.65. The maximum Gasteiger partial charge on any atom is 0.341 e. The third-order valence-electron chi connectivity index (χ3n) is 2.32. The number of hydrogen-bond donors (Lipinski definition) is 0. The zero-order valence-corrected chi connectivity index (χ0v) is 10.1. The minimum Gasteiger partial charge on any atom is -0.490 e. The number of aromatic nitrogens is 1. The highest BCUT2D eigenvalue weighted by Gasteiger charge is 2.12. The molecule has 0 saturated heterocycles. The minimum absolute atomic E-state index is 0.0511. The number of halogens is 1. The van der Waals surface area contributed by atoms with Crippen molar-refractivity contribution >= 4 is 5.97 Å². The van der Waals surface area contributed by atoms with Gasteiger partial charge in [0.15, 0.2) is 5.82 Å². The van der Waals surface area contributed by atoms with E-state index in [0.717, 1.165) is 6.20 Å². The Hall–Kier alpha value is -2.43. The van der Waals surface area contributed by atoms with E-state index in [4.69, 9.17) is 9.47 Å². The van der Waals surface area contributed by atoms with Crippen LogP contribution in [0.1, 0.15) is 10.4 Å². The first-order chi connectivity index (χ1) is 9.27. The predicted octanol–water partition coefficient (Wildman–Crippen LogP) is 2.46. The molecule has 0 N–H and O–H groups in total. The van der Waals surface area contributed by atoms with Gasteiger partial charge in [0.2, 0.25) is 0 Å². The fourth-order valence-corrected chi connectivity index (χ4v) is 1.43. The van der Waals surface area contributed by atoms with Crippen LogP contribution in [0.25, 0.3) is 0 Å². The maximum absolute atomic E-state index is 13.2. The third-order valence-corrected chi connectivity index (χ3v) is 2.32. The number of carbonyl (C=O) groups excluding carboxylic acids is 1. The molecule has 0 aliphatic carbocycles. The molecule has 1 aromatic heterocycles. The average Bonchev–Trinajstić information content (AvgIpc) is 2.45. The summed E-state index contributed by atoms with van der Waals surface area (Å²) >= 11 is 0. The molecule has 0 aliphatic heterocycles. The fourth-order valence-electron chi connectivity index (χ4n) is 1.43. The van der Waals surface area contributed by atoms with Gasteiger partial charge in [0.25, 0.3) is 0 Å². The summed E-state index contributed by atoms with van der Waals surface area (Å²) in [7, 11) is 0. The van der Waals surface area contributed by atoms with Gasteiger partial charge in [0, 0.05) is 6.20 Å². The van der Waals surface area contributed by atoms with Crippen molar-refractivity contribution in [2.75, 3.05) is 13.2 Å². The Morgan fingerprint density at radius 1 is 1.16 bits per heavy atom.